The molecule has 2 aliphatic heterocycles. The number of nitrogens with one attached hydrogen (secondary N) is 1. The zero-order valence-corrected chi connectivity index (χ0v) is 20.5. The first-order valence-electron chi connectivity index (χ1n) is 10.8. The Bertz CT molecular complexity index is 802. The van der Waals surface area contributed by atoms with E-state index in [4.69, 9.17) is 9.26 Å². The number of piperazine rings is 1. The molecular formula is C22H33IN6O2. The largest absolute Gasteiger partial charge is 0.379 e. The van der Waals surface area contributed by atoms with Crippen molar-refractivity contribution in [1.82, 2.24) is 25.2 Å². The van der Waals surface area contributed by atoms with Crippen LogP contribution in [0.5, 0.6) is 0 Å². The molecule has 170 valence electrons. The van der Waals surface area contributed by atoms with Crippen molar-refractivity contribution in [3.05, 3.63) is 53.4 Å². The van der Waals surface area contributed by atoms with E-state index < -0.39 is 0 Å². The molecule has 8 nitrogen and oxygen atoms in total. The van der Waals surface area contributed by atoms with Gasteiger partial charge in [0.1, 0.15) is 6.26 Å². The van der Waals surface area contributed by atoms with E-state index in [1.165, 1.54) is 11.1 Å². The molecule has 0 saturated carbocycles. The topological polar surface area (TPSA) is 69.4 Å². The molecular weight excluding hydrogens is 507 g/mol. The van der Waals surface area contributed by atoms with Crippen LogP contribution in [0.1, 0.15) is 16.8 Å². The van der Waals surface area contributed by atoms with E-state index in [0.29, 0.717) is 0 Å². The quantitative estimate of drug-likeness (QED) is 0.342. The fourth-order valence-electron chi connectivity index (χ4n) is 4.03. The lowest BCUT2D eigenvalue weighted by molar-refractivity contribution is 0.0342. The normalized spacial score (nSPS) is 18.6. The predicted octanol–water partition coefficient (Wildman–Crippen LogP) is 2.02. The molecule has 0 unspecified atom stereocenters. The molecule has 0 amide bonds. The van der Waals surface area contributed by atoms with Crippen molar-refractivity contribution in [3.8, 4) is 0 Å². The SMILES string of the molecule is CN=C(NCc1cccc(CN2CCOCC2)c1)N1CCN(Cc2ccon2)CC1.I. The molecule has 3 heterocycles. The molecule has 0 atom stereocenters. The van der Waals surface area contributed by atoms with Gasteiger partial charge in [-0.3, -0.25) is 14.8 Å². The van der Waals surface area contributed by atoms with E-state index in [2.05, 4.69) is 54.4 Å². The lowest BCUT2D eigenvalue weighted by Gasteiger charge is -2.36. The second kappa shape index (κ2) is 12.4. The summed E-state index contributed by atoms with van der Waals surface area (Å²) in [7, 11) is 1.86. The van der Waals surface area contributed by atoms with Gasteiger partial charge in [0.2, 0.25) is 0 Å². The number of ether oxygens (including phenoxy) is 1. The minimum atomic E-state index is 0. The average Bonchev–Trinajstić information content (AvgIpc) is 3.29. The zero-order chi connectivity index (χ0) is 20.6. The number of aliphatic imine (C=N–C) groups is 1. The number of morpholine rings is 1. The van der Waals surface area contributed by atoms with Crippen LogP contribution in [0.4, 0.5) is 0 Å². The predicted molar refractivity (Wildman–Crippen MR) is 132 cm³/mol. The van der Waals surface area contributed by atoms with E-state index in [1.54, 1.807) is 6.26 Å². The summed E-state index contributed by atoms with van der Waals surface area (Å²) in [5, 5.41) is 7.56. The van der Waals surface area contributed by atoms with Gasteiger partial charge in [0.25, 0.3) is 0 Å². The number of rotatable bonds is 6. The van der Waals surface area contributed by atoms with Crippen LogP contribution in [0, 0.1) is 0 Å². The van der Waals surface area contributed by atoms with Crippen molar-refractivity contribution in [2.75, 3.05) is 59.5 Å². The van der Waals surface area contributed by atoms with Crippen molar-refractivity contribution < 1.29 is 9.26 Å². The van der Waals surface area contributed by atoms with Crippen LogP contribution in [0.15, 0.2) is 46.1 Å². The van der Waals surface area contributed by atoms with Gasteiger partial charge in [0, 0.05) is 72.0 Å². The van der Waals surface area contributed by atoms with Crippen molar-refractivity contribution >= 4 is 29.9 Å². The number of aromatic nitrogens is 1. The third-order valence-electron chi connectivity index (χ3n) is 5.71. The molecule has 4 rings (SSSR count). The Balaban J connectivity index is 0.00000272. The van der Waals surface area contributed by atoms with Crippen molar-refractivity contribution in [3.63, 3.8) is 0 Å². The monoisotopic (exact) mass is 540 g/mol. The fraction of sp³-hybridized carbons (Fsp3) is 0.545. The van der Waals surface area contributed by atoms with Gasteiger partial charge in [-0.15, -0.1) is 24.0 Å². The smallest absolute Gasteiger partial charge is 0.194 e. The molecule has 31 heavy (non-hydrogen) atoms. The first-order chi connectivity index (χ1) is 14.8. The lowest BCUT2D eigenvalue weighted by Crippen LogP contribution is -2.52. The number of hydrogen-bond acceptors (Lipinski definition) is 6. The summed E-state index contributed by atoms with van der Waals surface area (Å²) in [6.07, 6.45) is 1.63. The maximum absolute atomic E-state index is 5.45. The Morgan fingerprint density at radius 1 is 1.00 bits per heavy atom. The Morgan fingerprint density at radius 3 is 2.45 bits per heavy atom. The minimum Gasteiger partial charge on any atom is -0.379 e. The summed E-state index contributed by atoms with van der Waals surface area (Å²) in [5.41, 5.74) is 3.63. The number of hydrogen-bond donors (Lipinski definition) is 1. The molecule has 2 saturated heterocycles. The minimum absolute atomic E-state index is 0. The standard InChI is InChI=1S/C22H32N6O2.HI/c1-23-22(28-8-6-26(7-9-28)18-21-5-12-30-25-21)24-16-19-3-2-4-20(15-19)17-27-10-13-29-14-11-27;/h2-5,12,15H,6-11,13-14,16-18H2,1H3,(H,23,24);1H. The van der Waals surface area contributed by atoms with Gasteiger partial charge in [-0.25, -0.2) is 0 Å². The van der Waals surface area contributed by atoms with Crippen molar-refractivity contribution in [1.29, 1.82) is 0 Å². The van der Waals surface area contributed by atoms with Crippen LogP contribution in [0.2, 0.25) is 0 Å². The zero-order valence-electron chi connectivity index (χ0n) is 18.2. The lowest BCUT2D eigenvalue weighted by atomic mass is 10.1. The van der Waals surface area contributed by atoms with Crippen LogP contribution in [-0.4, -0.2) is 85.3 Å². The van der Waals surface area contributed by atoms with Gasteiger partial charge < -0.3 is 19.5 Å². The number of guanidine groups is 1. The fourth-order valence-corrected chi connectivity index (χ4v) is 4.03. The molecule has 9 heteroatoms. The first-order valence-corrected chi connectivity index (χ1v) is 10.8. The van der Waals surface area contributed by atoms with Gasteiger partial charge in [0.15, 0.2) is 5.96 Å². The Labute approximate surface area is 201 Å². The van der Waals surface area contributed by atoms with E-state index in [1.807, 2.05) is 13.1 Å². The maximum atomic E-state index is 5.45. The molecule has 2 aromatic rings. The van der Waals surface area contributed by atoms with Crippen molar-refractivity contribution in [2.24, 2.45) is 4.99 Å². The van der Waals surface area contributed by atoms with Gasteiger partial charge >= 0.3 is 0 Å². The third-order valence-corrected chi connectivity index (χ3v) is 5.71. The molecule has 0 aliphatic carbocycles. The van der Waals surface area contributed by atoms with Gasteiger partial charge in [-0.2, -0.15) is 0 Å². The molecule has 0 spiro atoms. The van der Waals surface area contributed by atoms with Crippen LogP contribution in [-0.2, 0) is 24.4 Å². The van der Waals surface area contributed by atoms with Crippen LogP contribution >= 0.6 is 24.0 Å². The second-order valence-corrected chi connectivity index (χ2v) is 7.86. The summed E-state index contributed by atoms with van der Waals surface area (Å²) < 4.78 is 10.4. The summed E-state index contributed by atoms with van der Waals surface area (Å²) in [6.45, 7) is 10.2. The molecule has 1 N–H and O–H groups in total. The molecule has 2 fully saturated rings. The van der Waals surface area contributed by atoms with Crippen molar-refractivity contribution in [2.45, 2.75) is 19.6 Å². The average molecular weight is 540 g/mol. The Hall–Kier alpha value is -1.69. The maximum Gasteiger partial charge on any atom is 0.194 e. The molecule has 1 aromatic heterocycles. The molecule has 2 aliphatic rings. The molecule has 0 radical (unpaired) electrons. The van der Waals surface area contributed by atoms with Crippen LogP contribution in [0.3, 0.4) is 0 Å². The molecule has 1 aromatic carbocycles. The van der Waals surface area contributed by atoms with Gasteiger partial charge in [-0.05, 0) is 11.1 Å². The highest BCUT2D eigenvalue weighted by atomic mass is 127. The highest BCUT2D eigenvalue weighted by Crippen LogP contribution is 2.11. The summed E-state index contributed by atoms with van der Waals surface area (Å²) in [4.78, 5) is 11.7. The summed E-state index contributed by atoms with van der Waals surface area (Å²) in [5.74, 6) is 0.967. The Morgan fingerprint density at radius 2 is 1.74 bits per heavy atom. The van der Waals surface area contributed by atoms with Crippen LogP contribution < -0.4 is 5.32 Å². The van der Waals surface area contributed by atoms with Gasteiger partial charge in [-0.1, -0.05) is 29.4 Å². The Kier molecular flexibility index (Phi) is 9.56. The van der Waals surface area contributed by atoms with Crippen LogP contribution in [0.25, 0.3) is 0 Å². The third kappa shape index (κ3) is 7.16. The van der Waals surface area contributed by atoms with E-state index >= 15 is 0 Å². The van der Waals surface area contributed by atoms with E-state index in [9.17, 15) is 0 Å². The van der Waals surface area contributed by atoms with E-state index in [-0.39, 0.29) is 24.0 Å². The highest BCUT2D eigenvalue weighted by molar-refractivity contribution is 14.0. The van der Waals surface area contributed by atoms with E-state index in [0.717, 1.165) is 83.8 Å². The highest BCUT2D eigenvalue weighted by Gasteiger charge is 2.20. The number of benzene rings is 1. The summed E-state index contributed by atoms with van der Waals surface area (Å²) >= 11 is 0. The number of halogens is 1. The first kappa shape index (κ1) is 24.0. The van der Waals surface area contributed by atoms with Gasteiger partial charge in [0.05, 0.1) is 18.9 Å². The molecule has 0 bridgehead atoms. The second-order valence-electron chi connectivity index (χ2n) is 7.86. The summed E-state index contributed by atoms with van der Waals surface area (Å²) in [6, 6.07) is 10.8. The number of nitrogens with zero attached hydrogens (tertiary/aromatic N) is 5.